The topological polar surface area (TPSA) is 50.4 Å². The maximum Gasteiger partial charge on any atom is 0.407 e. The average Bonchev–Trinajstić information content (AvgIpc) is 2.60. The van der Waals surface area contributed by atoms with Crippen molar-refractivity contribution in [3.63, 3.8) is 0 Å². The monoisotopic (exact) mass is 378 g/mol. The zero-order chi connectivity index (χ0) is 18.4. The summed E-state index contributed by atoms with van der Waals surface area (Å²) in [5, 5.41) is 6.18. The molecule has 0 bridgehead atoms. The Labute approximate surface area is 155 Å². The highest BCUT2D eigenvalue weighted by molar-refractivity contribution is 7.99. The lowest BCUT2D eigenvalue weighted by Crippen LogP contribution is -2.49. The first-order valence-electron chi connectivity index (χ1n) is 8.37. The number of carbonyl (C=O) groups excluding carboxylic acids is 1. The molecule has 2 aromatic carbocycles. The van der Waals surface area contributed by atoms with Gasteiger partial charge < -0.3 is 15.4 Å². The molecule has 2 N–H and O–H groups in total. The summed E-state index contributed by atoms with van der Waals surface area (Å²) in [7, 11) is 0. The number of anilines is 1. The quantitative estimate of drug-likeness (QED) is 0.675. The van der Waals surface area contributed by atoms with Gasteiger partial charge in [0.2, 0.25) is 0 Å². The number of alkyl halides is 2. The molecule has 1 saturated carbocycles. The van der Waals surface area contributed by atoms with Crippen LogP contribution in [0.5, 0.6) is 0 Å². The third kappa shape index (κ3) is 5.62. The zero-order valence-corrected chi connectivity index (χ0v) is 14.8. The van der Waals surface area contributed by atoms with Crippen LogP contribution in [0.4, 0.5) is 19.3 Å². The van der Waals surface area contributed by atoms with Crippen molar-refractivity contribution in [3.8, 4) is 0 Å². The fourth-order valence-electron chi connectivity index (χ4n) is 2.75. The highest BCUT2D eigenvalue weighted by atomic mass is 32.2. The molecular formula is C19H20F2N2O2S. The molecule has 0 aliphatic heterocycles. The molecule has 2 aromatic rings. The van der Waals surface area contributed by atoms with Crippen LogP contribution in [0.15, 0.2) is 59.5 Å². The molecule has 1 fully saturated rings. The van der Waals surface area contributed by atoms with Crippen LogP contribution in [-0.2, 0) is 11.3 Å². The van der Waals surface area contributed by atoms with Crippen LogP contribution in [-0.4, -0.2) is 23.9 Å². The Bertz CT molecular complexity index is 707. The molecule has 138 valence electrons. The van der Waals surface area contributed by atoms with E-state index in [0.717, 1.165) is 24.1 Å². The van der Waals surface area contributed by atoms with Gasteiger partial charge in [0.05, 0.1) is 0 Å². The summed E-state index contributed by atoms with van der Waals surface area (Å²) >= 11 is 0.533. The number of halogens is 2. The number of hydrogen-bond acceptors (Lipinski definition) is 4. The first kappa shape index (κ1) is 18.5. The Morgan fingerprint density at radius 3 is 2.42 bits per heavy atom. The Morgan fingerprint density at radius 1 is 1.08 bits per heavy atom. The van der Waals surface area contributed by atoms with Crippen LogP contribution in [0.2, 0.25) is 0 Å². The van der Waals surface area contributed by atoms with Crippen molar-refractivity contribution in [2.75, 3.05) is 5.32 Å². The number of hydrogen-bond donors (Lipinski definition) is 2. The fraction of sp³-hybridized carbons (Fsp3) is 0.316. The van der Waals surface area contributed by atoms with Crippen molar-refractivity contribution in [1.29, 1.82) is 0 Å². The van der Waals surface area contributed by atoms with Gasteiger partial charge >= 0.3 is 6.09 Å². The van der Waals surface area contributed by atoms with Crippen molar-refractivity contribution in [1.82, 2.24) is 5.32 Å². The number of nitrogens with one attached hydrogen (secondary N) is 2. The normalized spacial score (nSPS) is 18.9. The van der Waals surface area contributed by atoms with Gasteiger partial charge in [-0.25, -0.2) is 4.79 Å². The smallest absolute Gasteiger partial charge is 0.407 e. The maximum absolute atomic E-state index is 12.3. The molecule has 26 heavy (non-hydrogen) atoms. The van der Waals surface area contributed by atoms with Crippen LogP contribution in [0, 0.1) is 0 Å². The average molecular weight is 378 g/mol. The molecule has 1 aliphatic carbocycles. The van der Waals surface area contributed by atoms with Gasteiger partial charge in [0.25, 0.3) is 5.76 Å². The molecule has 0 unspecified atom stereocenters. The summed E-state index contributed by atoms with van der Waals surface area (Å²) < 4.78 is 29.8. The van der Waals surface area contributed by atoms with Crippen LogP contribution in [0.25, 0.3) is 0 Å². The Balaban J connectivity index is 1.34. The van der Waals surface area contributed by atoms with Crippen LogP contribution in [0.1, 0.15) is 18.4 Å². The van der Waals surface area contributed by atoms with Gasteiger partial charge in [-0.15, -0.1) is 0 Å². The molecule has 0 heterocycles. The van der Waals surface area contributed by atoms with E-state index in [1.54, 1.807) is 24.3 Å². The van der Waals surface area contributed by atoms with E-state index in [9.17, 15) is 13.6 Å². The Hall–Kier alpha value is -2.28. The number of alkyl carbamates (subject to hydrolysis) is 1. The molecule has 0 atom stereocenters. The largest absolute Gasteiger partial charge is 0.445 e. The van der Waals surface area contributed by atoms with Gasteiger partial charge in [-0.2, -0.15) is 8.78 Å². The third-order valence-corrected chi connectivity index (χ3v) is 4.85. The van der Waals surface area contributed by atoms with Crippen LogP contribution < -0.4 is 10.6 Å². The van der Waals surface area contributed by atoms with E-state index in [2.05, 4.69) is 10.6 Å². The summed E-state index contributed by atoms with van der Waals surface area (Å²) in [6.07, 6.45) is 1.19. The first-order chi connectivity index (χ1) is 12.6. The van der Waals surface area contributed by atoms with Crippen molar-refractivity contribution in [3.05, 3.63) is 60.2 Å². The molecule has 4 nitrogen and oxygen atoms in total. The van der Waals surface area contributed by atoms with Gasteiger partial charge in [-0.05, 0) is 42.7 Å². The summed E-state index contributed by atoms with van der Waals surface area (Å²) in [5.41, 5.74) is 1.84. The van der Waals surface area contributed by atoms with Gasteiger partial charge in [0, 0.05) is 22.7 Å². The SMILES string of the molecule is O=C(NC1CC(Nc2ccc(SC(F)F)cc2)C1)OCc1ccccc1. The van der Waals surface area contributed by atoms with E-state index in [4.69, 9.17) is 4.74 Å². The zero-order valence-electron chi connectivity index (χ0n) is 14.0. The third-order valence-electron chi connectivity index (χ3n) is 4.12. The highest BCUT2D eigenvalue weighted by Gasteiger charge is 2.30. The number of carbonyl (C=O) groups is 1. The van der Waals surface area contributed by atoms with E-state index in [0.29, 0.717) is 16.7 Å². The number of benzene rings is 2. The van der Waals surface area contributed by atoms with E-state index in [1.165, 1.54) is 0 Å². The number of amides is 1. The summed E-state index contributed by atoms with van der Waals surface area (Å²) in [6.45, 7) is 0.254. The highest BCUT2D eigenvalue weighted by Crippen LogP contribution is 2.28. The van der Waals surface area contributed by atoms with Crippen molar-refractivity contribution in [2.24, 2.45) is 0 Å². The second-order valence-corrected chi connectivity index (χ2v) is 7.18. The minimum atomic E-state index is -2.41. The molecule has 1 amide bonds. The van der Waals surface area contributed by atoms with Crippen molar-refractivity contribution in [2.45, 2.75) is 42.2 Å². The van der Waals surface area contributed by atoms with Gasteiger partial charge in [-0.3, -0.25) is 0 Å². The maximum atomic E-state index is 12.3. The van der Waals surface area contributed by atoms with E-state index < -0.39 is 11.9 Å². The lowest BCUT2D eigenvalue weighted by atomic mass is 9.86. The predicted molar refractivity (Wildman–Crippen MR) is 98.5 cm³/mol. The second-order valence-electron chi connectivity index (χ2n) is 6.12. The van der Waals surface area contributed by atoms with E-state index in [-0.39, 0.29) is 18.7 Å². The van der Waals surface area contributed by atoms with Gasteiger partial charge in [0.15, 0.2) is 0 Å². The second kappa shape index (κ2) is 8.89. The minimum Gasteiger partial charge on any atom is -0.445 e. The van der Waals surface area contributed by atoms with Crippen molar-refractivity contribution < 1.29 is 18.3 Å². The molecule has 0 spiro atoms. The summed E-state index contributed by atoms with van der Waals surface area (Å²) in [4.78, 5) is 12.3. The molecule has 1 aliphatic rings. The standard InChI is InChI=1S/C19H20F2N2O2S/c20-18(21)26-17-8-6-14(7-9-17)22-15-10-16(11-15)23-19(24)25-12-13-4-2-1-3-5-13/h1-9,15-16,18,22H,10-12H2,(H,23,24). The predicted octanol–water partition coefficient (Wildman–Crippen LogP) is 4.87. The van der Waals surface area contributed by atoms with Gasteiger partial charge in [-0.1, -0.05) is 42.1 Å². The van der Waals surface area contributed by atoms with Crippen molar-refractivity contribution >= 4 is 23.5 Å². The summed E-state index contributed by atoms with van der Waals surface area (Å²) in [5.74, 6) is -2.41. The molecule has 0 radical (unpaired) electrons. The molecular weight excluding hydrogens is 358 g/mol. The van der Waals surface area contributed by atoms with E-state index >= 15 is 0 Å². The molecule has 3 rings (SSSR count). The molecule has 0 saturated heterocycles. The lowest BCUT2D eigenvalue weighted by molar-refractivity contribution is 0.129. The summed E-state index contributed by atoms with van der Waals surface area (Å²) in [6, 6.07) is 16.8. The first-order valence-corrected chi connectivity index (χ1v) is 9.25. The molecule has 0 aromatic heterocycles. The Morgan fingerprint density at radius 2 is 1.77 bits per heavy atom. The number of ether oxygens (including phenoxy) is 1. The molecule has 7 heteroatoms. The van der Waals surface area contributed by atoms with Gasteiger partial charge in [0.1, 0.15) is 6.61 Å². The minimum absolute atomic E-state index is 0.0874. The van der Waals surface area contributed by atoms with E-state index in [1.807, 2.05) is 30.3 Å². The van der Waals surface area contributed by atoms with Crippen LogP contribution in [0.3, 0.4) is 0 Å². The fourth-order valence-corrected chi connectivity index (χ4v) is 3.25. The lowest BCUT2D eigenvalue weighted by Gasteiger charge is -2.36. The van der Waals surface area contributed by atoms with Crippen LogP contribution >= 0.6 is 11.8 Å². The Kier molecular flexibility index (Phi) is 6.33. The number of thioether (sulfide) groups is 1. The number of rotatable bonds is 7.